The third kappa shape index (κ3) is 2.33. The summed E-state index contributed by atoms with van der Waals surface area (Å²) in [5, 5.41) is 5.72. The molecule has 0 saturated carbocycles. The van der Waals surface area contributed by atoms with Gasteiger partial charge in [-0.1, -0.05) is 39.7 Å². The summed E-state index contributed by atoms with van der Waals surface area (Å²) >= 11 is 11.7. The summed E-state index contributed by atoms with van der Waals surface area (Å²) in [6.07, 6.45) is 0.458. The zero-order valence-electron chi connectivity index (χ0n) is 10.2. The van der Waals surface area contributed by atoms with Gasteiger partial charge in [0.25, 0.3) is 0 Å². The fourth-order valence-corrected chi connectivity index (χ4v) is 4.45. The van der Waals surface area contributed by atoms with Crippen LogP contribution in [0, 0.1) is 6.92 Å². The molecule has 1 aromatic carbocycles. The first-order valence-electron chi connectivity index (χ1n) is 5.86. The fourth-order valence-electron chi connectivity index (χ4n) is 2.18. The van der Waals surface area contributed by atoms with Crippen LogP contribution in [0.2, 0.25) is 5.02 Å². The molecule has 1 unspecified atom stereocenters. The molecule has 1 aliphatic heterocycles. The number of halogens is 2. The zero-order valence-corrected chi connectivity index (χ0v) is 13.3. The molecule has 0 fully saturated rings. The van der Waals surface area contributed by atoms with Crippen molar-refractivity contribution in [1.29, 1.82) is 0 Å². The molecule has 2 heterocycles. The first-order valence-corrected chi connectivity index (χ1v) is 8.04. The van der Waals surface area contributed by atoms with Crippen LogP contribution < -0.4 is 5.32 Å². The molecule has 5 heteroatoms. The first kappa shape index (κ1) is 13.2. The largest absolute Gasteiger partial charge is 0.326 e. The normalized spacial score (nSPS) is 15.2. The summed E-state index contributed by atoms with van der Waals surface area (Å²) in [5.74, 6) is 0.0586. The average Bonchev–Trinajstić information content (AvgIpc) is 2.91. The van der Waals surface area contributed by atoms with Gasteiger partial charge in [0.05, 0.1) is 16.3 Å². The Morgan fingerprint density at radius 1 is 1.47 bits per heavy atom. The summed E-state index contributed by atoms with van der Waals surface area (Å²) in [6.45, 7) is 2.01. The topological polar surface area (TPSA) is 29.1 Å². The van der Waals surface area contributed by atoms with Crippen molar-refractivity contribution in [2.45, 2.75) is 18.2 Å². The molecule has 0 aliphatic carbocycles. The zero-order chi connectivity index (χ0) is 13.6. The standard InChI is InChI=1S/C14H11BrClNOS/c1-7-6-19-14(13(7)16)12(15)8-2-3-10-9(4-8)5-11(18)17-10/h2-4,6,12H,5H2,1H3,(H,17,18). The van der Waals surface area contributed by atoms with Crippen LogP contribution in [0.1, 0.15) is 26.4 Å². The number of rotatable bonds is 2. The predicted octanol–water partition coefficient (Wildman–Crippen LogP) is 4.69. The minimum atomic E-state index is 0.0586. The van der Waals surface area contributed by atoms with Crippen LogP contribution in [-0.2, 0) is 11.2 Å². The summed E-state index contributed by atoms with van der Waals surface area (Å²) < 4.78 is 0. The second-order valence-electron chi connectivity index (χ2n) is 4.60. The van der Waals surface area contributed by atoms with E-state index in [2.05, 4.69) is 32.7 Å². The van der Waals surface area contributed by atoms with Crippen molar-refractivity contribution in [3.63, 3.8) is 0 Å². The molecule has 0 saturated heterocycles. The van der Waals surface area contributed by atoms with E-state index in [9.17, 15) is 4.79 Å². The lowest BCUT2D eigenvalue weighted by atomic mass is 10.0. The van der Waals surface area contributed by atoms with Gasteiger partial charge in [-0.15, -0.1) is 11.3 Å². The number of thiophene rings is 1. The fraction of sp³-hybridized carbons (Fsp3) is 0.214. The number of hydrogen-bond acceptors (Lipinski definition) is 2. The number of aryl methyl sites for hydroxylation is 1. The quantitative estimate of drug-likeness (QED) is 0.777. The van der Waals surface area contributed by atoms with E-state index in [0.717, 1.165) is 32.3 Å². The van der Waals surface area contributed by atoms with Gasteiger partial charge in [0.2, 0.25) is 5.91 Å². The maximum atomic E-state index is 11.4. The van der Waals surface area contributed by atoms with Gasteiger partial charge in [0.15, 0.2) is 0 Å². The van der Waals surface area contributed by atoms with Gasteiger partial charge in [-0.2, -0.15) is 0 Å². The van der Waals surface area contributed by atoms with Crippen molar-refractivity contribution in [2.75, 3.05) is 5.32 Å². The van der Waals surface area contributed by atoms with Crippen LogP contribution in [-0.4, -0.2) is 5.91 Å². The Labute approximate surface area is 128 Å². The average molecular weight is 357 g/mol. The summed E-state index contributed by atoms with van der Waals surface area (Å²) in [7, 11) is 0. The Morgan fingerprint density at radius 3 is 2.95 bits per heavy atom. The lowest BCUT2D eigenvalue weighted by molar-refractivity contribution is -0.115. The third-order valence-electron chi connectivity index (χ3n) is 3.20. The Kier molecular flexibility index (Phi) is 3.41. The number of amides is 1. The van der Waals surface area contributed by atoms with Crippen molar-refractivity contribution in [3.8, 4) is 0 Å². The molecule has 0 spiro atoms. The Hall–Kier alpha value is -0.840. The summed E-state index contributed by atoms with van der Waals surface area (Å²) in [6, 6.07) is 6.05. The second kappa shape index (κ2) is 4.93. The van der Waals surface area contributed by atoms with Gasteiger partial charge < -0.3 is 5.32 Å². The Bertz CT molecular complexity index is 667. The Balaban J connectivity index is 1.97. The van der Waals surface area contributed by atoms with E-state index in [1.54, 1.807) is 11.3 Å². The van der Waals surface area contributed by atoms with Gasteiger partial charge in [-0.25, -0.2) is 0 Å². The van der Waals surface area contributed by atoms with Crippen molar-refractivity contribution >= 4 is 50.5 Å². The van der Waals surface area contributed by atoms with Crippen molar-refractivity contribution in [2.24, 2.45) is 0 Å². The predicted molar refractivity (Wildman–Crippen MR) is 83.6 cm³/mol. The van der Waals surface area contributed by atoms with Gasteiger partial charge >= 0.3 is 0 Å². The number of fused-ring (bicyclic) bond motifs is 1. The van der Waals surface area contributed by atoms with Crippen LogP contribution in [0.25, 0.3) is 0 Å². The van der Waals surface area contributed by atoms with Crippen LogP contribution >= 0.6 is 38.9 Å². The third-order valence-corrected chi connectivity index (χ3v) is 6.27. The second-order valence-corrected chi connectivity index (χ2v) is 6.81. The van der Waals surface area contributed by atoms with Crippen LogP contribution in [0.15, 0.2) is 23.6 Å². The highest BCUT2D eigenvalue weighted by molar-refractivity contribution is 9.09. The minimum absolute atomic E-state index is 0.0586. The SMILES string of the molecule is Cc1csc(C(Br)c2ccc3c(c2)CC(=O)N3)c1Cl. The van der Waals surface area contributed by atoms with Gasteiger partial charge in [0, 0.05) is 10.6 Å². The van der Waals surface area contributed by atoms with Crippen molar-refractivity contribution < 1.29 is 4.79 Å². The molecule has 0 bridgehead atoms. The lowest BCUT2D eigenvalue weighted by Gasteiger charge is -2.11. The minimum Gasteiger partial charge on any atom is -0.326 e. The van der Waals surface area contributed by atoms with Gasteiger partial charge in [-0.05, 0) is 35.1 Å². The van der Waals surface area contributed by atoms with E-state index in [1.165, 1.54) is 0 Å². The summed E-state index contributed by atoms with van der Waals surface area (Å²) in [5.41, 5.74) is 4.20. The molecule has 2 aromatic rings. The molecule has 1 N–H and O–H groups in total. The molecule has 2 nitrogen and oxygen atoms in total. The van der Waals surface area contributed by atoms with Crippen molar-refractivity contribution in [3.05, 3.63) is 50.2 Å². The molecule has 3 rings (SSSR count). The van der Waals surface area contributed by atoms with Crippen LogP contribution in [0.5, 0.6) is 0 Å². The highest BCUT2D eigenvalue weighted by Crippen LogP contribution is 2.41. The summed E-state index contributed by atoms with van der Waals surface area (Å²) in [4.78, 5) is 12.5. The van der Waals surface area contributed by atoms with Crippen molar-refractivity contribution in [1.82, 2.24) is 0 Å². The van der Waals surface area contributed by atoms with E-state index < -0.39 is 0 Å². The van der Waals surface area contributed by atoms with Gasteiger partial charge in [-0.3, -0.25) is 4.79 Å². The first-order chi connectivity index (χ1) is 9.06. The van der Waals surface area contributed by atoms with E-state index in [1.807, 2.05) is 19.1 Å². The van der Waals surface area contributed by atoms with Gasteiger partial charge in [0.1, 0.15) is 0 Å². The molecule has 1 amide bonds. The number of carbonyl (C=O) groups excluding carboxylic acids is 1. The smallest absolute Gasteiger partial charge is 0.228 e. The Morgan fingerprint density at radius 2 is 2.26 bits per heavy atom. The molecule has 98 valence electrons. The van der Waals surface area contributed by atoms with E-state index in [-0.39, 0.29) is 10.7 Å². The highest BCUT2D eigenvalue weighted by atomic mass is 79.9. The lowest BCUT2D eigenvalue weighted by Crippen LogP contribution is -2.03. The molecule has 1 aromatic heterocycles. The van der Waals surface area contributed by atoms with Crippen LogP contribution in [0.4, 0.5) is 5.69 Å². The number of nitrogens with one attached hydrogen (secondary N) is 1. The molecular formula is C14H11BrClNOS. The number of carbonyl (C=O) groups is 1. The van der Waals surface area contributed by atoms with E-state index >= 15 is 0 Å². The molecule has 0 radical (unpaired) electrons. The molecular weight excluding hydrogens is 346 g/mol. The highest BCUT2D eigenvalue weighted by Gasteiger charge is 2.22. The number of alkyl halides is 1. The molecule has 1 atom stereocenters. The van der Waals surface area contributed by atoms with E-state index in [0.29, 0.717) is 6.42 Å². The monoisotopic (exact) mass is 355 g/mol. The number of hydrogen-bond donors (Lipinski definition) is 1. The van der Waals surface area contributed by atoms with E-state index in [4.69, 9.17) is 11.6 Å². The molecule has 1 aliphatic rings. The molecule has 19 heavy (non-hydrogen) atoms. The van der Waals surface area contributed by atoms with Crippen LogP contribution in [0.3, 0.4) is 0 Å². The maximum absolute atomic E-state index is 11.4. The number of anilines is 1. The maximum Gasteiger partial charge on any atom is 0.228 e. The number of benzene rings is 1.